The Morgan fingerprint density at radius 2 is 2.00 bits per heavy atom. The first-order valence-electron chi connectivity index (χ1n) is 7.35. The van der Waals surface area contributed by atoms with Gasteiger partial charge in [-0.2, -0.15) is 15.4 Å². The highest BCUT2D eigenvalue weighted by atomic mass is 35.5. The second-order valence-corrected chi connectivity index (χ2v) is 5.54. The lowest BCUT2D eigenvalue weighted by Gasteiger charge is -2.12. The van der Waals surface area contributed by atoms with Crippen molar-refractivity contribution >= 4 is 17.5 Å². The van der Waals surface area contributed by atoms with Gasteiger partial charge in [0.15, 0.2) is 5.69 Å². The highest BCUT2D eigenvalue weighted by Gasteiger charge is 2.17. The van der Waals surface area contributed by atoms with E-state index in [2.05, 4.69) is 15.4 Å². The molecule has 0 fully saturated rings. The lowest BCUT2D eigenvalue weighted by atomic mass is 10.1. The summed E-state index contributed by atoms with van der Waals surface area (Å²) in [6, 6.07) is 12.5. The lowest BCUT2D eigenvalue weighted by molar-refractivity contribution is 0.0996. The molecular formula is C17H15ClN4O3. The lowest BCUT2D eigenvalue weighted by Crippen LogP contribution is -2.12. The van der Waals surface area contributed by atoms with Gasteiger partial charge in [-0.25, -0.2) is 0 Å². The van der Waals surface area contributed by atoms with Crippen molar-refractivity contribution in [1.29, 1.82) is 0 Å². The van der Waals surface area contributed by atoms with E-state index in [1.807, 2.05) is 12.1 Å². The van der Waals surface area contributed by atoms with Gasteiger partial charge in [0, 0.05) is 11.1 Å². The number of hydrogen-bond acceptors (Lipinski definition) is 5. The summed E-state index contributed by atoms with van der Waals surface area (Å²) in [7, 11) is 1.57. The maximum atomic E-state index is 11.4. The zero-order chi connectivity index (χ0) is 17.8. The van der Waals surface area contributed by atoms with Crippen molar-refractivity contribution in [3.8, 4) is 22.8 Å². The van der Waals surface area contributed by atoms with Crippen LogP contribution >= 0.6 is 11.6 Å². The molecule has 0 radical (unpaired) electrons. The number of H-pyrrole nitrogens is 1. The van der Waals surface area contributed by atoms with Gasteiger partial charge in [-0.1, -0.05) is 23.7 Å². The van der Waals surface area contributed by atoms with Crippen LogP contribution in [0.5, 0.6) is 11.5 Å². The summed E-state index contributed by atoms with van der Waals surface area (Å²) in [4.78, 5) is 11.4. The highest BCUT2D eigenvalue weighted by Crippen LogP contribution is 2.29. The van der Waals surface area contributed by atoms with E-state index in [1.165, 1.54) is 0 Å². The largest absolute Gasteiger partial charge is 0.496 e. The molecule has 3 N–H and O–H groups in total. The van der Waals surface area contributed by atoms with E-state index in [0.29, 0.717) is 27.8 Å². The molecule has 1 aromatic heterocycles. The maximum absolute atomic E-state index is 11.4. The van der Waals surface area contributed by atoms with Crippen LogP contribution in [0.1, 0.15) is 16.1 Å². The average molecular weight is 359 g/mol. The van der Waals surface area contributed by atoms with E-state index in [4.69, 9.17) is 26.8 Å². The number of carbonyl (C=O) groups is 1. The molecule has 8 heteroatoms. The summed E-state index contributed by atoms with van der Waals surface area (Å²) in [6.07, 6.45) is 0. The number of ether oxygens (including phenoxy) is 2. The maximum Gasteiger partial charge on any atom is 0.271 e. The number of primary amides is 1. The van der Waals surface area contributed by atoms with Crippen LogP contribution in [0.15, 0.2) is 42.5 Å². The number of methoxy groups -OCH3 is 1. The highest BCUT2D eigenvalue weighted by molar-refractivity contribution is 6.32. The third-order valence-electron chi connectivity index (χ3n) is 3.55. The smallest absolute Gasteiger partial charge is 0.271 e. The van der Waals surface area contributed by atoms with Crippen LogP contribution in [0.3, 0.4) is 0 Å². The van der Waals surface area contributed by atoms with Gasteiger partial charge in [0.1, 0.15) is 23.8 Å². The molecule has 0 bridgehead atoms. The monoisotopic (exact) mass is 358 g/mol. The molecule has 0 spiro atoms. The standard InChI is InChI=1S/C17H15ClN4O3/c1-24-13-7-6-10(15-16(17(19)23)21-22-20-15)8-11(13)9-25-14-5-3-2-4-12(14)18/h2-8H,9H2,1H3,(H2,19,23)(H,20,21,22). The molecule has 0 unspecified atom stereocenters. The van der Waals surface area contributed by atoms with Crippen molar-refractivity contribution in [2.75, 3.05) is 7.11 Å². The molecule has 0 atom stereocenters. The van der Waals surface area contributed by atoms with Gasteiger partial charge >= 0.3 is 0 Å². The minimum absolute atomic E-state index is 0.0724. The molecule has 25 heavy (non-hydrogen) atoms. The fraction of sp³-hybridized carbons (Fsp3) is 0.118. The molecule has 2 aromatic carbocycles. The third-order valence-corrected chi connectivity index (χ3v) is 3.87. The zero-order valence-electron chi connectivity index (χ0n) is 13.3. The van der Waals surface area contributed by atoms with E-state index in [9.17, 15) is 4.79 Å². The third kappa shape index (κ3) is 3.56. The van der Waals surface area contributed by atoms with Crippen LogP contribution in [0.25, 0.3) is 11.3 Å². The van der Waals surface area contributed by atoms with Crippen molar-refractivity contribution < 1.29 is 14.3 Å². The Kier molecular flexibility index (Phi) is 4.85. The van der Waals surface area contributed by atoms with Crippen LogP contribution in [0.4, 0.5) is 0 Å². The second-order valence-electron chi connectivity index (χ2n) is 5.13. The summed E-state index contributed by atoms with van der Waals surface area (Å²) >= 11 is 6.10. The topological polar surface area (TPSA) is 103 Å². The number of nitrogens with one attached hydrogen (secondary N) is 1. The molecule has 1 heterocycles. The van der Waals surface area contributed by atoms with Crippen molar-refractivity contribution in [1.82, 2.24) is 15.4 Å². The summed E-state index contributed by atoms with van der Waals surface area (Å²) in [5.74, 6) is 0.546. The predicted molar refractivity (Wildman–Crippen MR) is 92.7 cm³/mol. The van der Waals surface area contributed by atoms with Crippen molar-refractivity contribution in [3.63, 3.8) is 0 Å². The molecule has 0 saturated carbocycles. The number of aromatic nitrogens is 3. The van der Waals surface area contributed by atoms with Gasteiger partial charge in [0.2, 0.25) is 0 Å². The van der Waals surface area contributed by atoms with E-state index in [0.717, 1.165) is 5.56 Å². The normalized spacial score (nSPS) is 10.5. The quantitative estimate of drug-likeness (QED) is 0.705. The number of benzene rings is 2. The molecule has 0 aliphatic carbocycles. The molecule has 128 valence electrons. The van der Waals surface area contributed by atoms with Crippen molar-refractivity contribution in [2.24, 2.45) is 5.73 Å². The van der Waals surface area contributed by atoms with E-state index in [1.54, 1.807) is 37.4 Å². The molecule has 1 amide bonds. The van der Waals surface area contributed by atoms with Crippen LogP contribution in [-0.2, 0) is 6.61 Å². The minimum Gasteiger partial charge on any atom is -0.496 e. The molecule has 0 aliphatic rings. The number of halogens is 1. The van der Waals surface area contributed by atoms with Crippen LogP contribution < -0.4 is 15.2 Å². The van der Waals surface area contributed by atoms with Gasteiger partial charge in [0.25, 0.3) is 5.91 Å². The summed E-state index contributed by atoms with van der Waals surface area (Å²) in [6.45, 7) is 0.227. The van der Waals surface area contributed by atoms with Crippen LogP contribution in [-0.4, -0.2) is 28.4 Å². The summed E-state index contributed by atoms with van der Waals surface area (Å²) in [5, 5.41) is 10.7. The number of para-hydroxylation sites is 1. The number of carbonyl (C=O) groups excluding carboxylic acids is 1. The first-order chi connectivity index (χ1) is 12.1. The predicted octanol–water partition coefficient (Wildman–Crippen LogP) is 2.81. The van der Waals surface area contributed by atoms with Gasteiger partial charge in [-0.15, -0.1) is 0 Å². The summed E-state index contributed by atoms with van der Waals surface area (Å²) < 4.78 is 11.1. The number of nitrogens with zero attached hydrogens (tertiary/aromatic N) is 2. The fourth-order valence-electron chi connectivity index (χ4n) is 2.36. The van der Waals surface area contributed by atoms with Crippen molar-refractivity contribution in [2.45, 2.75) is 6.61 Å². The number of rotatable bonds is 6. The van der Waals surface area contributed by atoms with E-state index >= 15 is 0 Å². The number of hydrogen-bond donors (Lipinski definition) is 2. The molecule has 3 aromatic rings. The fourth-order valence-corrected chi connectivity index (χ4v) is 2.55. The van der Waals surface area contributed by atoms with Gasteiger partial charge in [-0.3, -0.25) is 4.79 Å². The Hall–Kier alpha value is -3.06. The summed E-state index contributed by atoms with van der Waals surface area (Å²) in [5.41, 5.74) is 7.19. The van der Waals surface area contributed by atoms with E-state index < -0.39 is 5.91 Å². The first kappa shape index (κ1) is 16.8. The Balaban J connectivity index is 1.91. The molecule has 3 rings (SSSR count). The Labute approximate surface area is 148 Å². The van der Waals surface area contributed by atoms with Gasteiger partial charge in [-0.05, 0) is 30.3 Å². The Morgan fingerprint density at radius 1 is 1.20 bits per heavy atom. The van der Waals surface area contributed by atoms with Gasteiger partial charge < -0.3 is 15.2 Å². The minimum atomic E-state index is -0.659. The van der Waals surface area contributed by atoms with Gasteiger partial charge in [0.05, 0.1) is 12.1 Å². The molecule has 7 nitrogen and oxygen atoms in total. The first-order valence-corrected chi connectivity index (χ1v) is 7.73. The molecular weight excluding hydrogens is 344 g/mol. The molecule has 0 aliphatic heterocycles. The SMILES string of the molecule is COc1ccc(-c2n[nH]nc2C(N)=O)cc1COc1ccccc1Cl. The molecule has 0 saturated heterocycles. The van der Waals surface area contributed by atoms with E-state index in [-0.39, 0.29) is 12.3 Å². The van der Waals surface area contributed by atoms with Crippen LogP contribution in [0, 0.1) is 0 Å². The average Bonchev–Trinajstić information content (AvgIpc) is 3.11. The zero-order valence-corrected chi connectivity index (χ0v) is 14.1. The second kappa shape index (κ2) is 7.23. The van der Waals surface area contributed by atoms with Crippen molar-refractivity contribution in [3.05, 3.63) is 58.7 Å². The number of nitrogens with two attached hydrogens (primary N) is 1. The Morgan fingerprint density at radius 3 is 2.72 bits per heavy atom. The van der Waals surface area contributed by atoms with Crippen LogP contribution in [0.2, 0.25) is 5.02 Å². The number of amides is 1. The Bertz CT molecular complexity index is 910. The number of aromatic amines is 1.